The number of amides is 1. The summed E-state index contributed by atoms with van der Waals surface area (Å²) in [6.07, 6.45) is 60.9. The maximum absolute atomic E-state index is 12.5. The molecule has 0 saturated heterocycles. The zero-order chi connectivity index (χ0) is 42.3. The van der Waals surface area contributed by atoms with Gasteiger partial charge >= 0.3 is 0 Å². The molecule has 58 heavy (non-hydrogen) atoms. The van der Waals surface area contributed by atoms with Crippen molar-refractivity contribution >= 4 is 5.91 Å². The van der Waals surface area contributed by atoms with Crippen LogP contribution in [0.3, 0.4) is 0 Å². The molecule has 0 radical (unpaired) electrons. The molecule has 5 heteroatoms. The predicted molar refractivity (Wildman–Crippen MR) is 255 cm³/mol. The Labute approximate surface area is 362 Å². The number of carbonyl (C=O) groups is 1. The lowest BCUT2D eigenvalue weighted by Gasteiger charge is -2.21. The van der Waals surface area contributed by atoms with Crippen molar-refractivity contribution in [1.82, 2.24) is 5.32 Å². The van der Waals surface area contributed by atoms with Gasteiger partial charge in [-0.1, -0.05) is 263 Å². The third kappa shape index (κ3) is 42.9. The van der Waals surface area contributed by atoms with E-state index in [1.165, 1.54) is 231 Å². The number of aliphatic hydroxyl groups is 3. The minimum absolute atomic E-state index is 0.362. The topological polar surface area (TPSA) is 89.8 Å². The molecule has 1 amide bonds. The van der Waals surface area contributed by atoms with Gasteiger partial charge in [0.2, 0.25) is 5.91 Å². The van der Waals surface area contributed by atoms with Crippen LogP contribution in [0.25, 0.3) is 0 Å². The number of hydrogen-bond acceptors (Lipinski definition) is 4. The van der Waals surface area contributed by atoms with Gasteiger partial charge in [0.05, 0.1) is 18.8 Å². The summed E-state index contributed by atoms with van der Waals surface area (Å²) < 4.78 is 0. The SMILES string of the molecule is CCCCCCCCCCCCCC/C=C\CCCCCCCCCCCC(O)C(=O)NC(CO)C(O)/C=C/CCCCCCCCCCCCCCCCCCC. The van der Waals surface area contributed by atoms with Crippen molar-refractivity contribution in [1.29, 1.82) is 0 Å². The van der Waals surface area contributed by atoms with E-state index in [4.69, 9.17) is 0 Å². The summed E-state index contributed by atoms with van der Waals surface area (Å²) >= 11 is 0. The van der Waals surface area contributed by atoms with Crippen LogP contribution < -0.4 is 5.32 Å². The van der Waals surface area contributed by atoms with Crippen molar-refractivity contribution < 1.29 is 20.1 Å². The smallest absolute Gasteiger partial charge is 0.249 e. The fraction of sp³-hybridized carbons (Fsp3) is 0.906. The number of rotatable bonds is 48. The fourth-order valence-electron chi connectivity index (χ4n) is 8.18. The van der Waals surface area contributed by atoms with Crippen LogP contribution in [0.5, 0.6) is 0 Å². The molecule has 0 bridgehead atoms. The van der Waals surface area contributed by atoms with Crippen LogP contribution in [0.15, 0.2) is 24.3 Å². The van der Waals surface area contributed by atoms with Gasteiger partial charge in [-0.3, -0.25) is 4.79 Å². The zero-order valence-corrected chi connectivity index (χ0v) is 39.2. The Morgan fingerprint density at radius 2 is 0.690 bits per heavy atom. The highest BCUT2D eigenvalue weighted by molar-refractivity contribution is 5.80. The van der Waals surface area contributed by atoms with Gasteiger partial charge in [-0.15, -0.1) is 0 Å². The molecule has 4 N–H and O–H groups in total. The average Bonchev–Trinajstić information content (AvgIpc) is 3.23. The average molecular weight is 818 g/mol. The van der Waals surface area contributed by atoms with E-state index >= 15 is 0 Å². The number of aliphatic hydroxyl groups excluding tert-OH is 3. The maximum atomic E-state index is 12.5. The van der Waals surface area contributed by atoms with Crippen LogP contribution in [-0.2, 0) is 4.79 Å². The fourth-order valence-corrected chi connectivity index (χ4v) is 8.18. The minimum Gasteiger partial charge on any atom is -0.394 e. The quantitative estimate of drug-likeness (QED) is 0.0364. The first-order chi connectivity index (χ1) is 28.6. The minimum atomic E-state index is -1.10. The second kappa shape index (κ2) is 48.5. The molecule has 0 heterocycles. The van der Waals surface area contributed by atoms with Crippen molar-refractivity contribution in [2.45, 2.75) is 302 Å². The molecule has 0 aliphatic heterocycles. The monoisotopic (exact) mass is 818 g/mol. The van der Waals surface area contributed by atoms with E-state index in [-0.39, 0.29) is 6.61 Å². The third-order valence-corrected chi connectivity index (χ3v) is 12.3. The molecule has 0 fully saturated rings. The molecule has 0 aromatic rings. The Hall–Kier alpha value is -1.17. The number of nitrogens with one attached hydrogen (secondary N) is 1. The van der Waals surface area contributed by atoms with Crippen LogP contribution in [0, 0.1) is 0 Å². The molecule has 0 aromatic carbocycles. The Balaban J connectivity index is 3.59. The molecule has 3 unspecified atom stereocenters. The molecule has 0 aromatic heterocycles. The van der Waals surface area contributed by atoms with Gasteiger partial charge in [0.1, 0.15) is 6.10 Å². The predicted octanol–water partition coefficient (Wildman–Crippen LogP) is 15.7. The zero-order valence-electron chi connectivity index (χ0n) is 39.2. The van der Waals surface area contributed by atoms with E-state index in [1.54, 1.807) is 6.08 Å². The Morgan fingerprint density at radius 1 is 0.414 bits per heavy atom. The summed E-state index contributed by atoms with van der Waals surface area (Å²) in [5, 5.41) is 33.3. The Kier molecular flexibility index (Phi) is 47.5. The molecule has 0 aliphatic carbocycles. The summed E-state index contributed by atoms with van der Waals surface area (Å²) in [5.74, 6) is -0.501. The van der Waals surface area contributed by atoms with E-state index in [9.17, 15) is 20.1 Å². The molecule has 5 nitrogen and oxygen atoms in total. The second-order valence-corrected chi connectivity index (χ2v) is 18.1. The molecular formula is C53H103NO4. The largest absolute Gasteiger partial charge is 0.394 e. The second-order valence-electron chi connectivity index (χ2n) is 18.1. The Bertz CT molecular complexity index is 859. The highest BCUT2D eigenvalue weighted by atomic mass is 16.3. The van der Waals surface area contributed by atoms with Crippen molar-refractivity contribution in [2.24, 2.45) is 0 Å². The molecule has 0 aliphatic rings. The van der Waals surface area contributed by atoms with Gasteiger partial charge in [0.25, 0.3) is 0 Å². The van der Waals surface area contributed by atoms with Gasteiger partial charge in [0.15, 0.2) is 0 Å². The molecule has 0 rings (SSSR count). The van der Waals surface area contributed by atoms with Crippen LogP contribution in [0.4, 0.5) is 0 Å². The number of carbonyl (C=O) groups excluding carboxylic acids is 1. The lowest BCUT2D eigenvalue weighted by atomic mass is 10.0. The van der Waals surface area contributed by atoms with E-state index < -0.39 is 24.2 Å². The van der Waals surface area contributed by atoms with Crippen molar-refractivity contribution in [3.05, 3.63) is 24.3 Å². The maximum Gasteiger partial charge on any atom is 0.249 e. The van der Waals surface area contributed by atoms with Crippen molar-refractivity contribution in [2.75, 3.05) is 6.61 Å². The molecule has 3 atom stereocenters. The van der Waals surface area contributed by atoms with E-state index in [0.29, 0.717) is 6.42 Å². The number of unbranched alkanes of at least 4 members (excludes halogenated alkanes) is 38. The summed E-state index contributed by atoms with van der Waals surface area (Å²) in [7, 11) is 0. The Morgan fingerprint density at radius 3 is 1.00 bits per heavy atom. The van der Waals surface area contributed by atoms with Crippen LogP contribution in [0.2, 0.25) is 0 Å². The molecular weight excluding hydrogens is 715 g/mol. The summed E-state index contributed by atoms with van der Waals surface area (Å²) in [6, 6.07) is -0.797. The van der Waals surface area contributed by atoms with E-state index in [1.807, 2.05) is 6.08 Å². The highest BCUT2D eigenvalue weighted by Gasteiger charge is 2.22. The lowest BCUT2D eigenvalue weighted by Crippen LogP contribution is -2.48. The first-order valence-corrected chi connectivity index (χ1v) is 26.2. The number of hydrogen-bond donors (Lipinski definition) is 4. The highest BCUT2D eigenvalue weighted by Crippen LogP contribution is 2.17. The van der Waals surface area contributed by atoms with Gasteiger partial charge in [-0.2, -0.15) is 0 Å². The van der Waals surface area contributed by atoms with Gasteiger partial charge in [0, 0.05) is 0 Å². The molecule has 0 saturated carbocycles. The summed E-state index contributed by atoms with van der Waals surface area (Å²) in [5.41, 5.74) is 0. The van der Waals surface area contributed by atoms with Crippen molar-refractivity contribution in [3.8, 4) is 0 Å². The molecule has 344 valence electrons. The van der Waals surface area contributed by atoms with E-state index in [0.717, 1.165) is 32.1 Å². The number of allylic oxidation sites excluding steroid dienone is 3. The molecule has 0 spiro atoms. The first kappa shape index (κ1) is 56.8. The lowest BCUT2D eigenvalue weighted by molar-refractivity contribution is -0.131. The standard InChI is InChI=1S/C53H103NO4/c1-3-5-7-9-11-13-15-17-19-21-23-24-25-26-27-28-30-32-34-36-38-40-42-44-46-48-52(57)53(58)54-50(49-55)51(56)47-45-43-41-39-37-35-33-31-29-22-20-18-16-14-12-10-8-6-4-2/h26-27,45,47,50-52,55-57H,3-25,28-44,46,48-49H2,1-2H3,(H,54,58)/b27-26-,47-45+. The summed E-state index contributed by atoms with van der Waals surface area (Å²) in [4.78, 5) is 12.5. The normalized spacial score (nSPS) is 13.5. The third-order valence-electron chi connectivity index (χ3n) is 12.3. The summed E-state index contributed by atoms with van der Waals surface area (Å²) in [6.45, 7) is 4.21. The van der Waals surface area contributed by atoms with Crippen LogP contribution >= 0.6 is 0 Å². The first-order valence-electron chi connectivity index (χ1n) is 26.2. The van der Waals surface area contributed by atoms with Gasteiger partial charge < -0.3 is 20.6 Å². The van der Waals surface area contributed by atoms with Gasteiger partial charge in [-0.25, -0.2) is 0 Å². The van der Waals surface area contributed by atoms with Crippen LogP contribution in [0.1, 0.15) is 284 Å². The van der Waals surface area contributed by atoms with Crippen LogP contribution in [-0.4, -0.2) is 46.1 Å². The van der Waals surface area contributed by atoms with Gasteiger partial charge in [-0.05, 0) is 44.9 Å². The van der Waals surface area contributed by atoms with Crippen molar-refractivity contribution in [3.63, 3.8) is 0 Å². The van der Waals surface area contributed by atoms with E-state index in [2.05, 4.69) is 31.3 Å².